The molecule has 0 spiro atoms. The van der Waals surface area contributed by atoms with Crippen LogP contribution in [-0.2, 0) is 12.3 Å². The molecular formula is C21H20N6S2. The number of benzene rings is 2. The zero-order chi connectivity index (χ0) is 20.2. The zero-order valence-corrected chi connectivity index (χ0v) is 17.6. The second-order valence-electron chi connectivity index (χ2n) is 6.62. The number of para-hydroxylation sites is 1. The predicted octanol–water partition coefficient (Wildman–Crippen LogP) is 5.06. The summed E-state index contributed by atoms with van der Waals surface area (Å²) in [4.78, 5) is 0. The molecule has 0 bridgehead atoms. The summed E-state index contributed by atoms with van der Waals surface area (Å²) >= 11 is 6.93. The fourth-order valence-corrected chi connectivity index (χ4v) is 4.08. The highest BCUT2D eigenvalue weighted by molar-refractivity contribution is 7.98. The Kier molecular flexibility index (Phi) is 5.73. The van der Waals surface area contributed by atoms with Crippen LogP contribution >= 0.6 is 24.0 Å². The van der Waals surface area contributed by atoms with Gasteiger partial charge in [0.2, 0.25) is 0 Å². The van der Waals surface area contributed by atoms with E-state index < -0.39 is 0 Å². The Labute approximate surface area is 178 Å². The fourth-order valence-electron chi connectivity index (χ4n) is 2.97. The van der Waals surface area contributed by atoms with Crippen molar-refractivity contribution >= 4 is 24.0 Å². The van der Waals surface area contributed by atoms with Crippen molar-refractivity contribution in [3.05, 3.63) is 83.4 Å². The van der Waals surface area contributed by atoms with Crippen molar-refractivity contribution in [2.45, 2.75) is 24.4 Å². The summed E-state index contributed by atoms with van der Waals surface area (Å²) in [6.45, 7) is 6.60. The van der Waals surface area contributed by atoms with Crippen molar-refractivity contribution < 1.29 is 0 Å². The van der Waals surface area contributed by atoms with Gasteiger partial charge in [-0.1, -0.05) is 72.4 Å². The SMILES string of the molecule is C=C(C)Cn1c(CSc2nnc(-c3ccccc3)n2-c2ccccc2)n[nH]c1=S. The van der Waals surface area contributed by atoms with Crippen LogP contribution in [0, 0.1) is 4.77 Å². The van der Waals surface area contributed by atoms with Gasteiger partial charge in [0.1, 0.15) is 5.82 Å². The Morgan fingerprint density at radius 3 is 2.45 bits per heavy atom. The van der Waals surface area contributed by atoms with Gasteiger partial charge in [-0.2, -0.15) is 5.10 Å². The van der Waals surface area contributed by atoms with Gasteiger partial charge in [-0.3, -0.25) is 14.2 Å². The molecule has 4 rings (SSSR count). The number of allylic oxidation sites excluding steroid dienone is 1. The van der Waals surface area contributed by atoms with E-state index in [4.69, 9.17) is 12.2 Å². The molecule has 0 atom stereocenters. The Morgan fingerprint density at radius 2 is 1.76 bits per heavy atom. The lowest BCUT2D eigenvalue weighted by Gasteiger charge is -2.10. The van der Waals surface area contributed by atoms with Crippen LogP contribution in [-0.4, -0.2) is 29.5 Å². The van der Waals surface area contributed by atoms with Crippen molar-refractivity contribution in [1.29, 1.82) is 0 Å². The Hall–Kier alpha value is -2.97. The van der Waals surface area contributed by atoms with Crippen molar-refractivity contribution in [3.8, 4) is 17.1 Å². The van der Waals surface area contributed by atoms with Gasteiger partial charge in [-0.05, 0) is 31.3 Å². The third-order valence-corrected chi connectivity index (χ3v) is 5.51. The van der Waals surface area contributed by atoms with Crippen LogP contribution in [0.5, 0.6) is 0 Å². The number of rotatable bonds is 7. The average Bonchev–Trinajstić information content (AvgIpc) is 3.31. The topological polar surface area (TPSA) is 64.3 Å². The van der Waals surface area contributed by atoms with Crippen molar-refractivity contribution in [2.24, 2.45) is 0 Å². The van der Waals surface area contributed by atoms with Crippen molar-refractivity contribution in [2.75, 3.05) is 0 Å². The van der Waals surface area contributed by atoms with E-state index in [2.05, 4.69) is 43.7 Å². The summed E-state index contributed by atoms with van der Waals surface area (Å²) in [5, 5.41) is 17.0. The van der Waals surface area contributed by atoms with Gasteiger partial charge in [0.25, 0.3) is 0 Å². The van der Waals surface area contributed by atoms with Crippen LogP contribution in [0.3, 0.4) is 0 Å². The molecule has 2 heterocycles. The summed E-state index contributed by atoms with van der Waals surface area (Å²) in [5.41, 5.74) is 3.05. The zero-order valence-electron chi connectivity index (χ0n) is 15.9. The maximum atomic E-state index is 5.35. The largest absolute Gasteiger partial charge is 0.299 e. The van der Waals surface area contributed by atoms with Crippen LogP contribution in [0.25, 0.3) is 17.1 Å². The highest BCUT2D eigenvalue weighted by Crippen LogP contribution is 2.29. The standard InChI is InChI=1S/C21H20N6S2/c1-15(2)13-26-18(22-24-20(26)28)14-29-21-25-23-19(16-9-5-3-6-10-16)27(21)17-11-7-4-8-12-17/h3-12H,1,13-14H2,2H3,(H,24,28). The molecule has 1 N–H and O–H groups in total. The third-order valence-electron chi connectivity index (χ3n) is 4.28. The lowest BCUT2D eigenvalue weighted by Crippen LogP contribution is -2.05. The molecule has 29 heavy (non-hydrogen) atoms. The maximum Gasteiger partial charge on any atom is 0.196 e. The Bertz CT molecular complexity index is 1170. The van der Waals surface area contributed by atoms with Crippen LogP contribution in [0.15, 0.2) is 78.0 Å². The fraction of sp³-hybridized carbons (Fsp3) is 0.143. The van der Waals surface area contributed by atoms with E-state index in [1.807, 2.05) is 60.0 Å². The molecule has 0 radical (unpaired) electrons. The first-order valence-electron chi connectivity index (χ1n) is 9.11. The summed E-state index contributed by atoms with van der Waals surface area (Å²) in [6.07, 6.45) is 0. The molecule has 2 aromatic heterocycles. The van der Waals surface area contributed by atoms with E-state index in [1.54, 1.807) is 11.8 Å². The molecule has 0 aliphatic carbocycles. The number of hydrogen-bond donors (Lipinski definition) is 1. The third kappa shape index (κ3) is 4.23. The number of H-pyrrole nitrogens is 1. The number of nitrogens with zero attached hydrogens (tertiary/aromatic N) is 5. The lowest BCUT2D eigenvalue weighted by atomic mass is 10.2. The van der Waals surface area contributed by atoms with Crippen molar-refractivity contribution in [1.82, 2.24) is 29.5 Å². The smallest absolute Gasteiger partial charge is 0.196 e. The molecule has 146 valence electrons. The van der Waals surface area contributed by atoms with Gasteiger partial charge >= 0.3 is 0 Å². The highest BCUT2D eigenvalue weighted by Gasteiger charge is 2.17. The Morgan fingerprint density at radius 1 is 1.07 bits per heavy atom. The summed E-state index contributed by atoms with van der Waals surface area (Å²) in [7, 11) is 0. The molecule has 0 amide bonds. The molecular weight excluding hydrogens is 400 g/mol. The highest BCUT2D eigenvalue weighted by atomic mass is 32.2. The number of aromatic nitrogens is 6. The van der Waals surface area contributed by atoms with E-state index in [-0.39, 0.29) is 0 Å². The minimum atomic E-state index is 0.595. The predicted molar refractivity (Wildman–Crippen MR) is 119 cm³/mol. The Balaban J connectivity index is 1.69. The molecule has 0 fully saturated rings. The lowest BCUT2D eigenvalue weighted by molar-refractivity contribution is 0.735. The molecule has 0 saturated heterocycles. The maximum absolute atomic E-state index is 5.35. The molecule has 4 aromatic rings. The second-order valence-corrected chi connectivity index (χ2v) is 7.95. The molecule has 2 aromatic carbocycles. The minimum Gasteiger partial charge on any atom is -0.299 e. The van der Waals surface area contributed by atoms with Crippen LogP contribution in [0.4, 0.5) is 0 Å². The normalized spacial score (nSPS) is 10.9. The molecule has 6 nitrogen and oxygen atoms in total. The molecule has 0 aliphatic heterocycles. The molecule has 8 heteroatoms. The summed E-state index contributed by atoms with van der Waals surface area (Å²) in [6, 6.07) is 20.2. The van der Waals surface area contributed by atoms with E-state index in [0.717, 1.165) is 33.6 Å². The first-order valence-corrected chi connectivity index (χ1v) is 10.5. The van der Waals surface area contributed by atoms with E-state index in [9.17, 15) is 0 Å². The number of hydrogen-bond acceptors (Lipinski definition) is 5. The monoisotopic (exact) mass is 420 g/mol. The van der Waals surface area contributed by atoms with Gasteiger partial charge < -0.3 is 0 Å². The van der Waals surface area contributed by atoms with E-state index in [0.29, 0.717) is 17.1 Å². The van der Waals surface area contributed by atoms with Gasteiger partial charge in [-0.15, -0.1) is 10.2 Å². The average molecular weight is 421 g/mol. The summed E-state index contributed by atoms with van der Waals surface area (Å²) < 4.78 is 4.63. The van der Waals surface area contributed by atoms with E-state index >= 15 is 0 Å². The van der Waals surface area contributed by atoms with Crippen LogP contribution in [0.2, 0.25) is 0 Å². The van der Waals surface area contributed by atoms with Crippen LogP contribution in [0.1, 0.15) is 12.7 Å². The number of nitrogens with one attached hydrogen (secondary N) is 1. The minimum absolute atomic E-state index is 0.595. The van der Waals surface area contributed by atoms with E-state index in [1.165, 1.54) is 0 Å². The first kappa shape index (κ1) is 19.4. The van der Waals surface area contributed by atoms with Crippen LogP contribution < -0.4 is 0 Å². The molecule has 0 aliphatic rings. The van der Waals surface area contributed by atoms with Gasteiger partial charge in [-0.25, -0.2) is 0 Å². The second kappa shape index (κ2) is 8.59. The molecule has 0 unspecified atom stereocenters. The quantitative estimate of drug-likeness (QED) is 0.257. The van der Waals surface area contributed by atoms with Crippen molar-refractivity contribution in [3.63, 3.8) is 0 Å². The summed E-state index contributed by atoms with van der Waals surface area (Å²) in [5.74, 6) is 2.27. The first-order chi connectivity index (χ1) is 14.1. The number of thioether (sulfide) groups is 1. The van der Waals surface area contributed by atoms with Gasteiger partial charge in [0, 0.05) is 17.8 Å². The van der Waals surface area contributed by atoms with Gasteiger partial charge in [0.15, 0.2) is 15.8 Å². The van der Waals surface area contributed by atoms with Gasteiger partial charge in [0.05, 0.1) is 5.75 Å². The molecule has 0 saturated carbocycles. The number of aromatic amines is 1.